The largest absolute Gasteiger partial charge is 0.398 e. The highest BCUT2D eigenvalue weighted by molar-refractivity contribution is 6.32. The number of aryl methyl sites for hydroxylation is 2. The maximum Gasteiger partial charge on any atom is 0.0865 e. The van der Waals surface area contributed by atoms with E-state index in [4.69, 9.17) is 28.9 Å². The van der Waals surface area contributed by atoms with E-state index in [0.717, 1.165) is 17.8 Å². The maximum absolute atomic E-state index is 10.4. The Hall–Kier alpha value is -1.23. The molecule has 1 unspecified atom stereocenters. The zero-order valence-electron chi connectivity index (χ0n) is 11.4. The second kappa shape index (κ2) is 6.04. The molecule has 0 aliphatic heterocycles. The van der Waals surface area contributed by atoms with Gasteiger partial charge in [-0.15, -0.1) is 0 Å². The van der Waals surface area contributed by atoms with Crippen LogP contribution in [0.2, 0.25) is 10.0 Å². The van der Waals surface area contributed by atoms with Gasteiger partial charge in [0, 0.05) is 29.7 Å². The lowest BCUT2D eigenvalue weighted by atomic mass is 10.0. The average molecular weight is 314 g/mol. The highest BCUT2D eigenvalue weighted by Crippen LogP contribution is 2.29. The van der Waals surface area contributed by atoms with Crippen molar-refractivity contribution in [1.29, 1.82) is 0 Å². The summed E-state index contributed by atoms with van der Waals surface area (Å²) in [5, 5.41) is 15.8. The van der Waals surface area contributed by atoms with Crippen molar-refractivity contribution in [2.45, 2.75) is 25.9 Å². The molecule has 0 aliphatic carbocycles. The van der Waals surface area contributed by atoms with Crippen LogP contribution in [-0.4, -0.2) is 14.9 Å². The van der Waals surface area contributed by atoms with Crippen molar-refractivity contribution in [2.75, 3.05) is 5.73 Å². The predicted octanol–water partition coefficient (Wildman–Crippen LogP) is 3.15. The van der Waals surface area contributed by atoms with Crippen LogP contribution in [0.25, 0.3) is 0 Å². The molecule has 6 heteroatoms. The summed E-state index contributed by atoms with van der Waals surface area (Å²) in [6.45, 7) is 1.99. The zero-order valence-corrected chi connectivity index (χ0v) is 12.9. The fourth-order valence-corrected chi connectivity index (χ4v) is 2.74. The van der Waals surface area contributed by atoms with Crippen LogP contribution in [0.4, 0.5) is 5.69 Å². The smallest absolute Gasteiger partial charge is 0.0865 e. The lowest BCUT2D eigenvalue weighted by Gasteiger charge is -2.14. The van der Waals surface area contributed by atoms with Gasteiger partial charge in [0.1, 0.15) is 0 Å². The topological polar surface area (TPSA) is 64.1 Å². The van der Waals surface area contributed by atoms with Crippen molar-refractivity contribution < 1.29 is 5.11 Å². The van der Waals surface area contributed by atoms with Crippen molar-refractivity contribution in [3.05, 3.63) is 45.2 Å². The molecule has 4 nitrogen and oxygen atoms in total. The number of aromatic nitrogens is 2. The third kappa shape index (κ3) is 2.92. The molecule has 0 amide bonds. The van der Waals surface area contributed by atoms with E-state index in [-0.39, 0.29) is 0 Å². The molecule has 2 aromatic rings. The van der Waals surface area contributed by atoms with Crippen LogP contribution in [0.1, 0.15) is 30.0 Å². The highest BCUT2D eigenvalue weighted by Gasteiger charge is 2.19. The van der Waals surface area contributed by atoms with Gasteiger partial charge in [-0.2, -0.15) is 5.10 Å². The summed E-state index contributed by atoms with van der Waals surface area (Å²) in [5.41, 5.74) is 8.63. The molecule has 20 heavy (non-hydrogen) atoms. The molecule has 1 aromatic carbocycles. The molecule has 0 bridgehead atoms. The maximum atomic E-state index is 10.4. The molecule has 0 aliphatic rings. The summed E-state index contributed by atoms with van der Waals surface area (Å²) >= 11 is 12.1. The summed E-state index contributed by atoms with van der Waals surface area (Å²) in [5.74, 6) is 0. The number of aliphatic hydroxyl groups is 1. The van der Waals surface area contributed by atoms with Gasteiger partial charge in [-0.25, -0.2) is 0 Å². The van der Waals surface area contributed by atoms with Crippen LogP contribution in [0.3, 0.4) is 0 Å². The Balaban J connectivity index is 2.27. The molecule has 0 fully saturated rings. The number of hydrogen-bond acceptors (Lipinski definition) is 3. The Morgan fingerprint density at radius 2 is 2.10 bits per heavy atom. The first-order valence-corrected chi connectivity index (χ1v) is 7.12. The second-order valence-electron chi connectivity index (χ2n) is 4.68. The average Bonchev–Trinajstić information content (AvgIpc) is 2.66. The number of halogens is 2. The minimum absolute atomic E-state index is 0.355. The van der Waals surface area contributed by atoms with E-state index in [9.17, 15) is 5.11 Å². The zero-order chi connectivity index (χ0) is 14.9. The number of rotatable bonds is 4. The van der Waals surface area contributed by atoms with Crippen LogP contribution >= 0.6 is 23.2 Å². The SMILES string of the molecule is CCc1nn(C)c(CC(O)c2ccc(Cl)cc2N)c1Cl. The summed E-state index contributed by atoms with van der Waals surface area (Å²) < 4.78 is 1.70. The van der Waals surface area contributed by atoms with E-state index in [1.54, 1.807) is 22.9 Å². The Bertz CT molecular complexity index is 625. The molecule has 2 rings (SSSR count). The molecule has 1 atom stereocenters. The molecule has 108 valence electrons. The third-order valence-electron chi connectivity index (χ3n) is 3.30. The fourth-order valence-electron chi connectivity index (χ4n) is 2.18. The van der Waals surface area contributed by atoms with Crippen molar-refractivity contribution in [2.24, 2.45) is 7.05 Å². The van der Waals surface area contributed by atoms with E-state index >= 15 is 0 Å². The molecule has 0 spiro atoms. The highest BCUT2D eigenvalue weighted by atomic mass is 35.5. The van der Waals surface area contributed by atoms with Crippen LogP contribution in [0.5, 0.6) is 0 Å². The standard InChI is InChI=1S/C14H17Cl2N3O/c1-3-11-14(16)12(19(2)18-11)7-13(20)9-5-4-8(15)6-10(9)17/h4-6,13,20H,3,7,17H2,1-2H3. The summed E-state index contributed by atoms with van der Waals surface area (Å²) in [4.78, 5) is 0. The Labute approximate surface area is 128 Å². The minimum atomic E-state index is -0.745. The first kappa shape index (κ1) is 15.2. The van der Waals surface area contributed by atoms with E-state index in [0.29, 0.717) is 27.7 Å². The number of anilines is 1. The molecular weight excluding hydrogens is 297 g/mol. The van der Waals surface area contributed by atoms with Gasteiger partial charge in [0.25, 0.3) is 0 Å². The normalized spacial score (nSPS) is 12.7. The molecule has 0 saturated heterocycles. The van der Waals surface area contributed by atoms with Gasteiger partial charge in [-0.05, 0) is 18.6 Å². The van der Waals surface area contributed by atoms with Gasteiger partial charge in [0.15, 0.2) is 0 Å². The minimum Gasteiger partial charge on any atom is -0.398 e. The van der Waals surface area contributed by atoms with Crippen LogP contribution in [0.15, 0.2) is 18.2 Å². The first-order valence-electron chi connectivity index (χ1n) is 6.37. The summed E-state index contributed by atoms with van der Waals surface area (Å²) in [6.07, 6.45) is 0.366. The monoisotopic (exact) mass is 313 g/mol. The third-order valence-corrected chi connectivity index (χ3v) is 3.97. The van der Waals surface area contributed by atoms with E-state index in [1.165, 1.54) is 0 Å². The molecule has 0 saturated carbocycles. The lowest BCUT2D eigenvalue weighted by Crippen LogP contribution is -2.09. The fraction of sp³-hybridized carbons (Fsp3) is 0.357. The number of hydrogen-bond donors (Lipinski definition) is 2. The van der Waals surface area contributed by atoms with Gasteiger partial charge < -0.3 is 10.8 Å². The number of nitrogen functional groups attached to an aromatic ring is 1. The number of nitrogens with zero attached hydrogens (tertiary/aromatic N) is 2. The van der Waals surface area contributed by atoms with Gasteiger partial charge in [-0.3, -0.25) is 4.68 Å². The second-order valence-corrected chi connectivity index (χ2v) is 5.49. The number of nitrogens with two attached hydrogens (primary N) is 1. The van der Waals surface area contributed by atoms with E-state index in [2.05, 4.69) is 5.10 Å². The molecule has 0 radical (unpaired) electrons. The Kier molecular flexibility index (Phi) is 4.58. The Morgan fingerprint density at radius 1 is 1.40 bits per heavy atom. The summed E-state index contributed by atoms with van der Waals surface area (Å²) in [6, 6.07) is 5.06. The predicted molar refractivity (Wildman–Crippen MR) is 82.1 cm³/mol. The van der Waals surface area contributed by atoms with E-state index in [1.807, 2.05) is 14.0 Å². The van der Waals surface area contributed by atoms with Crippen molar-refractivity contribution >= 4 is 28.9 Å². The quantitative estimate of drug-likeness (QED) is 0.852. The van der Waals surface area contributed by atoms with Crippen molar-refractivity contribution in [3.8, 4) is 0 Å². The van der Waals surface area contributed by atoms with Gasteiger partial charge in [-0.1, -0.05) is 36.2 Å². The number of aliphatic hydroxyl groups excluding tert-OH is 1. The molecule has 3 N–H and O–H groups in total. The van der Waals surface area contributed by atoms with Gasteiger partial charge in [0.05, 0.1) is 22.5 Å². The lowest BCUT2D eigenvalue weighted by molar-refractivity contribution is 0.176. The summed E-state index contributed by atoms with van der Waals surface area (Å²) in [7, 11) is 1.82. The van der Waals surface area contributed by atoms with Crippen LogP contribution in [-0.2, 0) is 19.9 Å². The molecule has 1 heterocycles. The number of benzene rings is 1. The van der Waals surface area contributed by atoms with Crippen LogP contribution in [0, 0.1) is 0 Å². The van der Waals surface area contributed by atoms with Crippen molar-refractivity contribution in [3.63, 3.8) is 0 Å². The van der Waals surface area contributed by atoms with Crippen LogP contribution < -0.4 is 5.73 Å². The Morgan fingerprint density at radius 3 is 2.65 bits per heavy atom. The molecule has 1 aromatic heterocycles. The first-order chi connectivity index (χ1) is 9.43. The van der Waals surface area contributed by atoms with E-state index < -0.39 is 6.10 Å². The van der Waals surface area contributed by atoms with Crippen molar-refractivity contribution in [1.82, 2.24) is 9.78 Å². The van der Waals surface area contributed by atoms with Gasteiger partial charge >= 0.3 is 0 Å². The van der Waals surface area contributed by atoms with Gasteiger partial charge in [0.2, 0.25) is 0 Å². The molecular formula is C14H17Cl2N3O.